The number of aromatic nitrogens is 4. The normalized spacial score (nSPS) is 16.1. The zero-order valence-corrected chi connectivity index (χ0v) is 7.62. The van der Waals surface area contributed by atoms with Crippen LogP contribution in [-0.4, -0.2) is 19.9 Å². The summed E-state index contributed by atoms with van der Waals surface area (Å²) in [5, 5.41) is 0. The van der Waals surface area contributed by atoms with Crippen LogP contribution in [-0.2, 0) is 12.8 Å². The molecule has 4 N–H and O–H groups in total. The molecule has 14 heavy (non-hydrogen) atoms. The van der Waals surface area contributed by atoms with Gasteiger partial charge in [0.15, 0.2) is 0 Å². The van der Waals surface area contributed by atoms with E-state index in [4.69, 9.17) is 5.73 Å². The van der Waals surface area contributed by atoms with Crippen LogP contribution in [0.25, 0.3) is 0 Å². The lowest BCUT2D eigenvalue weighted by Crippen LogP contribution is -2.15. The van der Waals surface area contributed by atoms with Crippen molar-refractivity contribution in [3.05, 3.63) is 35.4 Å². The third-order valence-corrected chi connectivity index (χ3v) is 2.55. The average Bonchev–Trinajstić information content (AvgIpc) is 2.83. The topological polar surface area (TPSA) is 83.4 Å². The predicted octanol–water partition coefficient (Wildman–Crippen LogP) is 0.279. The van der Waals surface area contributed by atoms with Crippen LogP contribution >= 0.6 is 0 Å². The van der Waals surface area contributed by atoms with Gasteiger partial charge in [-0.3, -0.25) is 0 Å². The summed E-state index contributed by atoms with van der Waals surface area (Å²) in [6, 6.07) is -0.268. The molecule has 0 spiro atoms. The van der Waals surface area contributed by atoms with E-state index in [0.717, 1.165) is 35.9 Å². The van der Waals surface area contributed by atoms with Crippen LogP contribution in [0.4, 0.5) is 0 Å². The number of aromatic amines is 2. The molecule has 0 saturated carbocycles. The maximum absolute atomic E-state index is 5.98. The van der Waals surface area contributed by atoms with Gasteiger partial charge in [-0.15, -0.1) is 0 Å². The monoisotopic (exact) mass is 189 g/mol. The molecule has 0 unspecified atom stereocenters. The summed E-state index contributed by atoms with van der Waals surface area (Å²) in [5.41, 5.74) is 8.24. The Bertz CT molecular complexity index is 413. The molecule has 2 aromatic rings. The van der Waals surface area contributed by atoms with Crippen molar-refractivity contribution in [1.29, 1.82) is 0 Å². The van der Waals surface area contributed by atoms with Crippen LogP contribution in [0.15, 0.2) is 12.4 Å². The lowest BCUT2D eigenvalue weighted by molar-refractivity contribution is 0.747. The Hall–Kier alpha value is -1.62. The zero-order chi connectivity index (χ0) is 9.54. The molecule has 2 aromatic heterocycles. The third kappa shape index (κ3) is 1.06. The van der Waals surface area contributed by atoms with Crippen molar-refractivity contribution in [2.45, 2.75) is 18.9 Å². The standard InChI is InChI=1S/C9H11N5/c10-7-8-11-3-5(13-8)1-2-6-4-12-9(7)14-6/h3-4,7H,1-2,10H2,(H,11,13)(H,12,14). The van der Waals surface area contributed by atoms with Gasteiger partial charge in [0, 0.05) is 23.8 Å². The molecule has 1 aliphatic rings. The highest BCUT2D eigenvalue weighted by molar-refractivity contribution is 5.17. The number of fused-ring (bicyclic) bond motifs is 4. The van der Waals surface area contributed by atoms with Crippen molar-refractivity contribution >= 4 is 0 Å². The highest BCUT2D eigenvalue weighted by atomic mass is 15.0. The van der Waals surface area contributed by atoms with E-state index in [0.29, 0.717) is 0 Å². The molecule has 0 fully saturated rings. The largest absolute Gasteiger partial charge is 0.344 e. The molecule has 5 nitrogen and oxygen atoms in total. The van der Waals surface area contributed by atoms with Crippen LogP contribution in [0.3, 0.4) is 0 Å². The highest BCUT2D eigenvalue weighted by Gasteiger charge is 2.17. The second-order valence-corrected chi connectivity index (χ2v) is 3.57. The van der Waals surface area contributed by atoms with E-state index in [1.807, 2.05) is 12.4 Å². The molecule has 0 radical (unpaired) electrons. The molecule has 5 heteroatoms. The van der Waals surface area contributed by atoms with Crippen molar-refractivity contribution in [2.75, 3.05) is 0 Å². The number of nitrogens with two attached hydrogens (primary N) is 1. The fourth-order valence-corrected chi connectivity index (χ4v) is 1.72. The van der Waals surface area contributed by atoms with Gasteiger partial charge < -0.3 is 15.7 Å². The van der Waals surface area contributed by atoms with Crippen LogP contribution in [0.5, 0.6) is 0 Å². The number of imidazole rings is 2. The molecule has 3 heterocycles. The van der Waals surface area contributed by atoms with Gasteiger partial charge in [-0.25, -0.2) is 9.97 Å². The van der Waals surface area contributed by atoms with E-state index in [9.17, 15) is 0 Å². The minimum atomic E-state index is -0.268. The lowest BCUT2D eigenvalue weighted by Gasteiger charge is -2.03. The van der Waals surface area contributed by atoms with Gasteiger partial charge >= 0.3 is 0 Å². The number of H-pyrrole nitrogens is 2. The van der Waals surface area contributed by atoms with Gasteiger partial charge in [-0.1, -0.05) is 0 Å². The highest BCUT2D eigenvalue weighted by Crippen LogP contribution is 2.17. The van der Waals surface area contributed by atoms with Crippen molar-refractivity contribution in [2.24, 2.45) is 5.73 Å². The smallest absolute Gasteiger partial charge is 0.131 e. The number of aryl methyl sites for hydroxylation is 2. The Morgan fingerprint density at radius 2 is 1.57 bits per heavy atom. The first-order chi connectivity index (χ1) is 6.83. The molecule has 0 amide bonds. The van der Waals surface area contributed by atoms with Gasteiger partial charge in [0.1, 0.15) is 17.7 Å². The van der Waals surface area contributed by atoms with Crippen LogP contribution in [0.1, 0.15) is 29.1 Å². The van der Waals surface area contributed by atoms with E-state index in [1.54, 1.807) is 0 Å². The average molecular weight is 189 g/mol. The second kappa shape index (κ2) is 2.68. The second-order valence-electron chi connectivity index (χ2n) is 3.57. The van der Waals surface area contributed by atoms with Crippen molar-refractivity contribution < 1.29 is 0 Å². The minimum absolute atomic E-state index is 0.268. The fourth-order valence-electron chi connectivity index (χ4n) is 1.72. The molecule has 1 aliphatic heterocycles. The molecule has 4 bridgehead atoms. The molecule has 0 saturated heterocycles. The Balaban J connectivity index is 2.15. The number of hydrogen-bond acceptors (Lipinski definition) is 3. The van der Waals surface area contributed by atoms with Crippen molar-refractivity contribution in [1.82, 2.24) is 19.9 Å². The van der Waals surface area contributed by atoms with E-state index < -0.39 is 0 Å². The molecular weight excluding hydrogens is 178 g/mol. The molecule has 72 valence electrons. The summed E-state index contributed by atoms with van der Waals surface area (Å²) in [5.74, 6) is 1.56. The summed E-state index contributed by atoms with van der Waals surface area (Å²) in [7, 11) is 0. The summed E-state index contributed by atoms with van der Waals surface area (Å²) >= 11 is 0. The van der Waals surface area contributed by atoms with Crippen LogP contribution in [0.2, 0.25) is 0 Å². The maximum atomic E-state index is 5.98. The third-order valence-electron chi connectivity index (χ3n) is 2.55. The minimum Gasteiger partial charge on any atom is -0.344 e. The van der Waals surface area contributed by atoms with E-state index in [1.165, 1.54) is 0 Å². The van der Waals surface area contributed by atoms with Crippen LogP contribution < -0.4 is 5.73 Å². The fraction of sp³-hybridized carbons (Fsp3) is 0.333. The SMILES string of the molecule is NC1c2ncc([nH]2)CCc2cnc1[nH]2. The molecule has 0 aliphatic carbocycles. The van der Waals surface area contributed by atoms with Gasteiger partial charge in [0.05, 0.1) is 0 Å². The predicted molar refractivity (Wildman–Crippen MR) is 50.6 cm³/mol. The first kappa shape index (κ1) is 7.75. The van der Waals surface area contributed by atoms with Gasteiger partial charge in [0.25, 0.3) is 0 Å². The van der Waals surface area contributed by atoms with E-state index in [-0.39, 0.29) is 6.04 Å². The van der Waals surface area contributed by atoms with Gasteiger partial charge in [0.2, 0.25) is 0 Å². The molecule has 3 rings (SSSR count). The van der Waals surface area contributed by atoms with Gasteiger partial charge in [-0.05, 0) is 12.8 Å². The zero-order valence-electron chi connectivity index (χ0n) is 7.62. The summed E-state index contributed by atoms with van der Waals surface area (Å²) in [6.45, 7) is 0. The molecular formula is C9H11N5. The summed E-state index contributed by atoms with van der Waals surface area (Å²) < 4.78 is 0. The van der Waals surface area contributed by atoms with Crippen molar-refractivity contribution in [3.63, 3.8) is 0 Å². The molecule has 0 atom stereocenters. The van der Waals surface area contributed by atoms with Gasteiger partial charge in [-0.2, -0.15) is 0 Å². The Morgan fingerprint density at radius 1 is 1.07 bits per heavy atom. The quantitative estimate of drug-likeness (QED) is 0.556. The first-order valence-corrected chi connectivity index (χ1v) is 4.66. The van der Waals surface area contributed by atoms with Crippen molar-refractivity contribution in [3.8, 4) is 0 Å². The lowest BCUT2D eigenvalue weighted by atomic mass is 10.2. The Kier molecular flexibility index (Phi) is 1.49. The number of rotatable bonds is 0. The summed E-state index contributed by atoms with van der Waals surface area (Å²) in [6.07, 6.45) is 5.59. The number of nitrogens with one attached hydrogen (secondary N) is 2. The maximum Gasteiger partial charge on any atom is 0.131 e. The Labute approximate surface area is 80.8 Å². The Morgan fingerprint density at radius 3 is 2.07 bits per heavy atom. The number of nitrogens with zero attached hydrogens (tertiary/aromatic N) is 2. The van der Waals surface area contributed by atoms with E-state index >= 15 is 0 Å². The molecule has 0 aromatic carbocycles. The first-order valence-electron chi connectivity index (χ1n) is 4.66. The number of hydrogen-bond donors (Lipinski definition) is 3. The summed E-state index contributed by atoms with van der Waals surface area (Å²) in [4.78, 5) is 14.9. The van der Waals surface area contributed by atoms with Crippen LogP contribution in [0, 0.1) is 0 Å². The van der Waals surface area contributed by atoms with E-state index in [2.05, 4.69) is 19.9 Å².